The fourth-order valence-corrected chi connectivity index (χ4v) is 5.08. The Bertz CT molecular complexity index is 1390. The number of phenolic OH excluding ortho intramolecular Hbond substituents is 1. The van der Waals surface area contributed by atoms with Crippen molar-refractivity contribution in [3.05, 3.63) is 90.5 Å². The first-order valence-corrected chi connectivity index (χ1v) is 11.7. The van der Waals surface area contributed by atoms with Crippen LogP contribution in [0.15, 0.2) is 84.9 Å². The van der Waals surface area contributed by atoms with Crippen LogP contribution in [0.3, 0.4) is 0 Å². The number of allylic oxidation sites excluding steroid dienone is 1. The van der Waals surface area contributed by atoms with Gasteiger partial charge in [0.1, 0.15) is 16.8 Å². The van der Waals surface area contributed by atoms with Crippen LogP contribution < -0.4 is 0 Å². The fourth-order valence-electron chi connectivity index (χ4n) is 5.08. The first kappa shape index (κ1) is 21.8. The largest absolute Gasteiger partial charge is 0.508 e. The molecule has 0 saturated carbocycles. The number of fused-ring (bicyclic) bond motifs is 2. The Kier molecular flexibility index (Phi) is 5.61. The minimum atomic E-state index is -0.990. The summed E-state index contributed by atoms with van der Waals surface area (Å²) in [7, 11) is 0. The average molecular weight is 453 g/mol. The highest BCUT2D eigenvalue weighted by Crippen LogP contribution is 2.48. The summed E-state index contributed by atoms with van der Waals surface area (Å²) in [6.07, 6.45) is 2.33. The standard InChI is InChI=1S/C27H28N6O/c1-4-12-21(20-13-6-11-18-26(20)34)27(19(3)5-2,32-24-16-9-7-14-22(24)28-30-32)33-25-17-10-8-15-23(25)29-31-33/h6-11,13-18,21,34H,3-5,12H2,1-2H3. The van der Waals surface area contributed by atoms with E-state index < -0.39 is 5.66 Å². The highest BCUT2D eigenvalue weighted by molar-refractivity contribution is 5.77. The summed E-state index contributed by atoms with van der Waals surface area (Å²) in [6, 6.07) is 23.3. The predicted octanol–water partition coefficient (Wildman–Crippen LogP) is 5.63. The zero-order chi connectivity index (χ0) is 23.7. The van der Waals surface area contributed by atoms with Gasteiger partial charge in [0.15, 0.2) is 5.66 Å². The molecule has 1 N–H and O–H groups in total. The second-order valence-electron chi connectivity index (χ2n) is 8.56. The van der Waals surface area contributed by atoms with Crippen LogP contribution in [0.2, 0.25) is 0 Å². The number of rotatable bonds is 8. The molecule has 2 aromatic heterocycles. The van der Waals surface area contributed by atoms with E-state index in [9.17, 15) is 5.11 Å². The molecule has 0 amide bonds. The van der Waals surface area contributed by atoms with E-state index in [1.807, 2.05) is 76.1 Å². The van der Waals surface area contributed by atoms with Gasteiger partial charge in [0.25, 0.3) is 0 Å². The van der Waals surface area contributed by atoms with Gasteiger partial charge in [-0.05, 0) is 48.7 Å². The minimum absolute atomic E-state index is 0.235. The topological polar surface area (TPSA) is 81.6 Å². The van der Waals surface area contributed by atoms with E-state index in [0.29, 0.717) is 6.42 Å². The maximum absolute atomic E-state index is 11.0. The van der Waals surface area contributed by atoms with Crippen LogP contribution in [0.4, 0.5) is 0 Å². The van der Waals surface area contributed by atoms with Crippen LogP contribution in [0.1, 0.15) is 44.6 Å². The normalized spacial score (nSPS) is 12.9. The van der Waals surface area contributed by atoms with Gasteiger partial charge in [0, 0.05) is 11.5 Å². The Labute approximate surface area is 198 Å². The number of hydrogen-bond acceptors (Lipinski definition) is 5. The first-order chi connectivity index (χ1) is 16.6. The predicted molar refractivity (Wildman–Crippen MR) is 134 cm³/mol. The van der Waals surface area contributed by atoms with Gasteiger partial charge in [-0.1, -0.05) is 79.7 Å². The summed E-state index contributed by atoms with van der Waals surface area (Å²) >= 11 is 0. The maximum Gasteiger partial charge on any atom is 0.186 e. The minimum Gasteiger partial charge on any atom is -0.508 e. The molecule has 0 fully saturated rings. The Hall–Kier alpha value is -4.00. The molecule has 7 heteroatoms. The van der Waals surface area contributed by atoms with Gasteiger partial charge in [0.05, 0.1) is 11.0 Å². The first-order valence-electron chi connectivity index (χ1n) is 11.7. The van der Waals surface area contributed by atoms with Gasteiger partial charge in [-0.3, -0.25) is 0 Å². The molecule has 0 aliphatic rings. The SMILES string of the molecule is C=C(CC)C(C(CCC)c1ccccc1O)(n1nnc2ccccc21)n1nnc2ccccc21. The molecule has 2 heterocycles. The molecule has 0 aliphatic heterocycles. The van der Waals surface area contributed by atoms with Gasteiger partial charge in [-0.2, -0.15) is 0 Å². The molecular formula is C27H28N6O. The van der Waals surface area contributed by atoms with Crippen molar-refractivity contribution >= 4 is 22.1 Å². The summed E-state index contributed by atoms with van der Waals surface area (Å²) in [5, 5.41) is 29.4. The van der Waals surface area contributed by atoms with E-state index in [1.54, 1.807) is 6.07 Å². The number of phenols is 1. The van der Waals surface area contributed by atoms with Gasteiger partial charge in [0.2, 0.25) is 0 Å². The van der Waals surface area contributed by atoms with E-state index in [0.717, 1.165) is 46.0 Å². The lowest BCUT2D eigenvalue weighted by molar-refractivity contribution is 0.173. The summed E-state index contributed by atoms with van der Waals surface area (Å²) in [5.74, 6) is 0.00410. The Balaban J connectivity index is 1.96. The molecule has 1 atom stereocenters. The molecule has 5 rings (SSSR count). The van der Waals surface area contributed by atoms with Crippen molar-refractivity contribution in [1.29, 1.82) is 0 Å². The second kappa shape index (κ2) is 8.74. The van der Waals surface area contributed by atoms with Crippen molar-refractivity contribution in [2.45, 2.75) is 44.7 Å². The highest BCUT2D eigenvalue weighted by atomic mass is 16.3. The van der Waals surface area contributed by atoms with Gasteiger partial charge in [-0.25, -0.2) is 9.36 Å². The third-order valence-electron chi connectivity index (χ3n) is 6.67. The Morgan fingerprint density at radius 2 is 1.38 bits per heavy atom. The molecule has 7 nitrogen and oxygen atoms in total. The molecule has 0 aliphatic carbocycles. The zero-order valence-electron chi connectivity index (χ0n) is 19.5. The van der Waals surface area contributed by atoms with Crippen molar-refractivity contribution in [3.8, 4) is 5.75 Å². The monoisotopic (exact) mass is 452 g/mol. The lowest BCUT2D eigenvalue weighted by Gasteiger charge is -2.43. The molecule has 0 saturated heterocycles. The molecular weight excluding hydrogens is 424 g/mol. The molecule has 1 unspecified atom stereocenters. The summed E-state index contributed by atoms with van der Waals surface area (Å²) < 4.78 is 3.87. The van der Waals surface area contributed by atoms with Crippen LogP contribution >= 0.6 is 0 Å². The van der Waals surface area contributed by atoms with E-state index in [1.165, 1.54) is 0 Å². The lowest BCUT2D eigenvalue weighted by atomic mass is 9.77. The number of aromatic nitrogens is 6. The molecule has 34 heavy (non-hydrogen) atoms. The molecule has 0 radical (unpaired) electrons. The molecule has 0 bridgehead atoms. The molecule has 0 spiro atoms. The van der Waals surface area contributed by atoms with E-state index in [2.05, 4.69) is 30.6 Å². The Morgan fingerprint density at radius 3 is 1.91 bits per heavy atom. The molecule has 172 valence electrons. The number of benzene rings is 3. The number of hydrogen-bond donors (Lipinski definition) is 1. The molecule has 3 aromatic carbocycles. The van der Waals surface area contributed by atoms with Crippen molar-refractivity contribution < 1.29 is 5.11 Å². The lowest BCUT2D eigenvalue weighted by Crippen LogP contribution is -2.49. The molecule has 5 aromatic rings. The quantitative estimate of drug-likeness (QED) is 0.309. The van der Waals surface area contributed by atoms with Crippen molar-refractivity contribution in [2.75, 3.05) is 0 Å². The van der Waals surface area contributed by atoms with Crippen molar-refractivity contribution in [1.82, 2.24) is 30.0 Å². The second-order valence-corrected chi connectivity index (χ2v) is 8.56. The van der Waals surface area contributed by atoms with Gasteiger partial charge in [-0.15, -0.1) is 10.2 Å². The maximum atomic E-state index is 11.0. The third-order valence-corrected chi connectivity index (χ3v) is 6.67. The van der Waals surface area contributed by atoms with Crippen LogP contribution in [0.25, 0.3) is 22.1 Å². The van der Waals surface area contributed by atoms with Gasteiger partial charge < -0.3 is 5.11 Å². The van der Waals surface area contributed by atoms with Crippen LogP contribution in [0.5, 0.6) is 5.75 Å². The smallest absolute Gasteiger partial charge is 0.186 e. The van der Waals surface area contributed by atoms with Crippen LogP contribution in [-0.2, 0) is 5.66 Å². The van der Waals surface area contributed by atoms with Gasteiger partial charge >= 0.3 is 0 Å². The third kappa shape index (κ3) is 3.19. The van der Waals surface area contributed by atoms with Crippen molar-refractivity contribution in [3.63, 3.8) is 0 Å². The summed E-state index contributed by atoms with van der Waals surface area (Å²) in [5.41, 5.74) is 4.04. The van der Waals surface area contributed by atoms with E-state index >= 15 is 0 Å². The van der Waals surface area contributed by atoms with Crippen molar-refractivity contribution in [2.24, 2.45) is 0 Å². The highest BCUT2D eigenvalue weighted by Gasteiger charge is 2.49. The average Bonchev–Trinajstić information content (AvgIpc) is 3.50. The van der Waals surface area contributed by atoms with E-state index in [-0.39, 0.29) is 11.7 Å². The summed E-state index contributed by atoms with van der Waals surface area (Å²) in [6.45, 7) is 8.80. The number of para-hydroxylation sites is 3. The number of aromatic hydroxyl groups is 1. The van der Waals surface area contributed by atoms with Crippen LogP contribution in [-0.4, -0.2) is 35.1 Å². The zero-order valence-corrected chi connectivity index (χ0v) is 19.5. The Morgan fingerprint density at radius 1 is 0.853 bits per heavy atom. The van der Waals surface area contributed by atoms with Crippen LogP contribution in [0, 0.1) is 0 Å². The number of nitrogens with zero attached hydrogens (tertiary/aromatic N) is 6. The van der Waals surface area contributed by atoms with E-state index in [4.69, 9.17) is 10.4 Å². The summed E-state index contributed by atoms with van der Waals surface area (Å²) in [4.78, 5) is 0. The fraction of sp³-hybridized carbons (Fsp3) is 0.259.